The van der Waals surface area contributed by atoms with Crippen LogP contribution in [0.25, 0.3) is 0 Å². The summed E-state index contributed by atoms with van der Waals surface area (Å²) in [5.41, 5.74) is 0. The molecule has 0 N–H and O–H groups in total. The van der Waals surface area contributed by atoms with Crippen molar-refractivity contribution in [1.82, 2.24) is 14.1 Å². The summed E-state index contributed by atoms with van der Waals surface area (Å²) >= 11 is 0. The summed E-state index contributed by atoms with van der Waals surface area (Å²) in [5.74, 6) is -0.440. The second-order valence-corrected chi connectivity index (χ2v) is 9.89. The van der Waals surface area contributed by atoms with Gasteiger partial charge in [-0.3, -0.25) is 9.69 Å². The molecule has 2 saturated heterocycles. The van der Waals surface area contributed by atoms with Gasteiger partial charge >= 0.3 is 0 Å². The minimum absolute atomic E-state index is 0.0268. The largest absolute Gasteiger partial charge is 0.336 e. The Morgan fingerprint density at radius 3 is 2.29 bits per heavy atom. The maximum absolute atomic E-state index is 13.4. The van der Waals surface area contributed by atoms with E-state index in [0.717, 1.165) is 25.3 Å². The number of hydrogen-bond donors (Lipinski definition) is 0. The normalized spacial score (nSPS) is 26.2. The molecule has 0 aliphatic carbocycles. The van der Waals surface area contributed by atoms with Gasteiger partial charge in [-0.1, -0.05) is 6.07 Å². The lowest BCUT2D eigenvalue weighted by molar-refractivity contribution is -0.143. The summed E-state index contributed by atoms with van der Waals surface area (Å²) in [6.45, 7) is 7.67. The van der Waals surface area contributed by atoms with E-state index in [4.69, 9.17) is 0 Å². The van der Waals surface area contributed by atoms with E-state index in [1.807, 2.05) is 16.7 Å². The number of piperidine rings is 1. The lowest BCUT2D eigenvalue weighted by Gasteiger charge is -2.43. The fourth-order valence-corrected chi connectivity index (χ4v) is 5.79. The molecule has 0 spiro atoms. The second kappa shape index (κ2) is 8.47. The van der Waals surface area contributed by atoms with Crippen LogP contribution in [0, 0.1) is 5.82 Å². The van der Waals surface area contributed by atoms with Gasteiger partial charge in [-0.2, -0.15) is 4.31 Å². The van der Waals surface area contributed by atoms with Crippen LogP contribution in [0.3, 0.4) is 0 Å². The Bertz CT molecular complexity index is 799. The molecule has 6 nitrogen and oxygen atoms in total. The van der Waals surface area contributed by atoms with Crippen molar-refractivity contribution in [3.63, 3.8) is 0 Å². The highest BCUT2D eigenvalue weighted by atomic mass is 32.2. The molecular formula is C20H30FN3O3S. The molecule has 8 heteroatoms. The van der Waals surface area contributed by atoms with Crippen LogP contribution in [-0.4, -0.2) is 72.7 Å². The molecule has 3 atom stereocenters. The molecule has 156 valence electrons. The van der Waals surface area contributed by atoms with Crippen molar-refractivity contribution >= 4 is 15.9 Å². The zero-order valence-electron chi connectivity index (χ0n) is 16.8. The van der Waals surface area contributed by atoms with E-state index in [1.54, 1.807) is 0 Å². The highest BCUT2D eigenvalue weighted by molar-refractivity contribution is 7.89. The Hall–Kier alpha value is -1.51. The molecule has 0 bridgehead atoms. The van der Waals surface area contributed by atoms with Crippen LogP contribution < -0.4 is 0 Å². The Morgan fingerprint density at radius 2 is 1.71 bits per heavy atom. The van der Waals surface area contributed by atoms with E-state index in [0.29, 0.717) is 26.2 Å². The Kier molecular flexibility index (Phi) is 6.41. The van der Waals surface area contributed by atoms with E-state index in [9.17, 15) is 17.6 Å². The van der Waals surface area contributed by atoms with Gasteiger partial charge in [-0.15, -0.1) is 0 Å². The van der Waals surface area contributed by atoms with Crippen molar-refractivity contribution < 1.29 is 17.6 Å². The van der Waals surface area contributed by atoms with Crippen LogP contribution in [0.4, 0.5) is 4.39 Å². The first kappa shape index (κ1) is 21.2. The number of hydrogen-bond acceptors (Lipinski definition) is 4. The average Bonchev–Trinajstić information content (AvgIpc) is 2.67. The van der Waals surface area contributed by atoms with Gasteiger partial charge < -0.3 is 4.90 Å². The van der Waals surface area contributed by atoms with Gasteiger partial charge in [0.1, 0.15) is 5.82 Å². The number of nitrogens with zero attached hydrogens (tertiary/aromatic N) is 3. The summed E-state index contributed by atoms with van der Waals surface area (Å²) in [5, 5.41) is 0. The summed E-state index contributed by atoms with van der Waals surface area (Å²) in [6, 6.07) is 5.31. The third-order valence-electron chi connectivity index (χ3n) is 6.06. The van der Waals surface area contributed by atoms with Gasteiger partial charge in [0.15, 0.2) is 0 Å². The van der Waals surface area contributed by atoms with E-state index in [1.165, 1.54) is 22.5 Å². The van der Waals surface area contributed by atoms with Crippen LogP contribution in [-0.2, 0) is 14.8 Å². The molecule has 1 aromatic carbocycles. The highest BCUT2D eigenvalue weighted by Crippen LogP contribution is 2.25. The van der Waals surface area contributed by atoms with E-state index >= 15 is 0 Å². The Balaban J connectivity index is 1.64. The minimum atomic E-state index is -3.72. The molecule has 1 amide bonds. The topological polar surface area (TPSA) is 60.9 Å². The molecule has 2 fully saturated rings. The van der Waals surface area contributed by atoms with Crippen molar-refractivity contribution in [3.05, 3.63) is 30.1 Å². The molecule has 0 radical (unpaired) electrons. The highest BCUT2D eigenvalue weighted by Gasteiger charge is 2.36. The predicted octanol–water partition coefficient (Wildman–Crippen LogP) is 2.31. The first-order valence-electron chi connectivity index (χ1n) is 10.0. The van der Waals surface area contributed by atoms with Crippen molar-refractivity contribution in [2.24, 2.45) is 0 Å². The summed E-state index contributed by atoms with van der Waals surface area (Å²) in [4.78, 5) is 17.1. The van der Waals surface area contributed by atoms with Crippen molar-refractivity contribution in [2.75, 3.05) is 26.2 Å². The van der Waals surface area contributed by atoms with Crippen LogP contribution >= 0.6 is 0 Å². The van der Waals surface area contributed by atoms with Gasteiger partial charge in [0.25, 0.3) is 0 Å². The van der Waals surface area contributed by atoms with E-state index in [2.05, 4.69) is 13.8 Å². The number of likely N-dealkylation sites (tertiary alicyclic amines) is 1. The van der Waals surface area contributed by atoms with Crippen molar-refractivity contribution in [1.29, 1.82) is 0 Å². The maximum atomic E-state index is 13.4. The lowest BCUT2D eigenvalue weighted by atomic mass is 9.96. The number of rotatable bonds is 4. The number of piperazine rings is 1. The quantitative estimate of drug-likeness (QED) is 0.763. The molecule has 2 heterocycles. The summed E-state index contributed by atoms with van der Waals surface area (Å²) in [6.07, 6.45) is 3.21. The van der Waals surface area contributed by atoms with Crippen LogP contribution in [0.1, 0.15) is 40.0 Å². The third-order valence-corrected chi connectivity index (χ3v) is 7.95. The van der Waals surface area contributed by atoms with Crippen LogP contribution in [0.15, 0.2) is 29.2 Å². The van der Waals surface area contributed by atoms with Gasteiger partial charge in [0.2, 0.25) is 15.9 Å². The maximum Gasteiger partial charge on any atom is 0.243 e. The molecule has 3 rings (SSSR count). The van der Waals surface area contributed by atoms with Crippen LogP contribution in [0.5, 0.6) is 0 Å². The molecule has 28 heavy (non-hydrogen) atoms. The summed E-state index contributed by atoms with van der Waals surface area (Å²) in [7, 11) is -3.72. The van der Waals surface area contributed by atoms with Gasteiger partial charge in [-0.05, 0) is 58.2 Å². The number of carbonyl (C=O) groups is 1. The van der Waals surface area contributed by atoms with E-state index < -0.39 is 15.8 Å². The Morgan fingerprint density at radius 1 is 1.11 bits per heavy atom. The van der Waals surface area contributed by atoms with Gasteiger partial charge in [0, 0.05) is 38.3 Å². The third kappa shape index (κ3) is 4.23. The Labute approximate surface area is 167 Å². The molecule has 2 aliphatic rings. The SMILES string of the molecule is C[C@H](C(=O)N1[C@H](C)CCC[C@@H]1C)N1CCN(S(=O)(=O)c2cccc(F)c2)CC1. The van der Waals surface area contributed by atoms with Crippen molar-refractivity contribution in [3.8, 4) is 0 Å². The zero-order chi connectivity index (χ0) is 20.5. The number of halogens is 1. The standard InChI is InChI=1S/C20H30FN3O3S/c1-15-6-4-7-16(2)24(15)20(25)17(3)22-10-12-23(13-11-22)28(26,27)19-9-5-8-18(21)14-19/h5,8-9,14-17H,4,6-7,10-13H2,1-3H3/t15-,16+,17-/m1/s1. The molecule has 1 aromatic rings. The number of benzene rings is 1. The molecule has 0 aromatic heterocycles. The smallest absolute Gasteiger partial charge is 0.243 e. The first-order valence-corrected chi connectivity index (χ1v) is 11.5. The molecule has 0 unspecified atom stereocenters. The number of carbonyl (C=O) groups excluding carboxylic acids is 1. The second-order valence-electron chi connectivity index (χ2n) is 7.95. The monoisotopic (exact) mass is 411 g/mol. The van der Waals surface area contributed by atoms with Gasteiger partial charge in [-0.25, -0.2) is 12.8 Å². The average molecular weight is 412 g/mol. The predicted molar refractivity (Wildman–Crippen MR) is 106 cm³/mol. The fraction of sp³-hybridized carbons (Fsp3) is 0.650. The molecule has 0 saturated carbocycles. The lowest BCUT2D eigenvalue weighted by Crippen LogP contribution is -2.58. The van der Waals surface area contributed by atoms with Crippen molar-refractivity contribution in [2.45, 2.75) is 63.1 Å². The molecular weight excluding hydrogens is 381 g/mol. The van der Waals surface area contributed by atoms with Crippen LogP contribution in [0.2, 0.25) is 0 Å². The number of sulfonamides is 1. The number of amides is 1. The summed E-state index contributed by atoms with van der Waals surface area (Å²) < 4.78 is 40.3. The van der Waals surface area contributed by atoms with E-state index in [-0.39, 0.29) is 28.9 Å². The van der Waals surface area contributed by atoms with Gasteiger partial charge in [0.05, 0.1) is 10.9 Å². The minimum Gasteiger partial charge on any atom is -0.336 e. The fourth-order valence-electron chi connectivity index (χ4n) is 4.34. The molecule has 2 aliphatic heterocycles. The zero-order valence-corrected chi connectivity index (χ0v) is 17.7. The first-order chi connectivity index (χ1) is 13.2.